The Balaban J connectivity index is 0.977. The highest BCUT2D eigenvalue weighted by atomic mass is 16.3. The topological polar surface area (TPSA) is 29.5 Å². The minimum Gasteiger partial charge on any atom is -0.456 e. The smallest absolute Gasteiger partial charge is 0.137 e. The molecule has 10 aromatic carbocycles. The maximum absolute atomic E-state index is 6.43. The fraction of sp³-hybridized carbons (Fsp3) is 0. The summed E-state index contributed by atoms with van der Waals surface area (Å²) in [4.78, 5) is 2.35. The van der Waals surface area contributed by atoms with Crippen molar-refractivity contribution in [1.82, 2.24) is 0 Å². The summed E-state index contributed by atoms with van der Waals surface area (Å²) >= 11 is 0. The van der Waals surface area contributed by atoms with Crippen LogP contribution < -0.4 is 4.90 Å². The van der Waals surface area contributed by atoms with Gasteiger partial charge in [-0.05, 0) is 110 Å². The third-order valence-electron chi connectivity index (χ3n) is 12.3. The molecule has 63 heavy (non-hydrogen) atoms. The summed E-state index contributed by atoms with van der Waals surface area (Å²) in [6.07, 6.45) is 0. The summed E-state index contributed by atoms with van der Waals surface area (Å²) in [6, 6.07) is 84.1. The molecule has 0 aliphatic heterocycles. The molecule has 0 saturated carbocycles. The lowest BCUT2D eigenvalue weighted by molar-refractivity contribution is 0.668. The Hall–Kier alpha value is -8.40. The summed E-state index contributed by atoms with van der Waals surface area (Å²) in [6.45, 7) is 0. The van der Waals surface area contributed by atoms with E-state index in [0.29, 0.717) is 0 Å². The van der Waals surface area contributed by atoms with Crippen molar-refractivity contribution >= 4 is 60.9 Å². The van der Waals surface area contributed by atoms with Crippen LogP contribution in [-0.4, -0.2) is 0 Å². The number of rotatable bonds is 8. The van der Waals surface area contributed by atoms with Gasteiger partial charge in [0, 0.05) is 27.5 Å². The first kappa shape index (κ1) is 36.5. The Labute approximate surface area is 365 Å². The van der Waals surface area contributed by atoms with E-state index < -0.39 is 0 Å². The number of fused-ring (bicyclic) bond motifs is 6. The highest BCUT2D eigenvalue weighted by Crippen LogP contribution is 2.46. The van der Waals surface area contributed by atoms with E-state index in [1.807, 2.05) is 24.3 Å². The third-order valence-corrected chi connectivity index (χ3v) is 12.3. The van der Waals surface area contributed by atoms with Crippen LogP contribution in [0.5, 0.6) is 0 Å². The second kappa shape index (κ2) is 15.3. The molecule has 0 bridgehead atoms. The minimum absolute atomic E-state index is 0.854. The van der Waals surface area contributed by atoms with Gasteiger partial charge in [-0.2, -0.15) is 0 Å². The summed E-state index contributed by atoms with van der Waals surface area (Å²) in [5.74, 6) is 0. The van der Waals surface area contributed by atoms with Gasteiger partial charge in [0.2, 0.25) is 0 Å². The van der Waals surface area contributed by atoms with Crippen LogP contribution in [0.3, 0.4) is 0 Å². The third kappa shape index (κ3) is 6.29. The average Bonchev–Trinajstić information content (AvgIpc) is 3.94. The second-order valence-corrected chi connectivity index (χ2v) is 16.0. The Kier molecular flexibility index (Phi) is 8.83. The molecule has 0 N–H and O–H groups in total. The van der Waals surface area contributed by atoms with Crippen molar-refractivity contribution in [3.05, 3.63) is 237 Å². The molecule has 0 aliphatic carbocycles. The van der Waals surface area contributed by atoms with Gasteiger partial charge in [0.25, 0.3) is 0 Å². The van der Waals surface area contributed by atoms with E-state index in [1.54, 1.807) is 0 Å². The molecule has 0 aliphatic rings. The number of furan rings is 2. The van der Waals surface area contributed by atoms with Crippen molar-refractivity contribution in [3.8, 4) is 55.6 Å². The molecule has 0 spiro atoms. The van der Waals surface area contributed by atoms with Gasteiger partial charge in [-0.3, -0.25) is 0 Å². The fourth-order valence-corrected chi connectivity index (χ4v) is 9.47. The van der Waals surface area contributed by atoms with Gasteiger partial charge < -0.3 is 13.7 Å². The van der Waals surface area contributed by atoms with Gasteiger partial charge in [0.1, 0.15) is 22.3 Å². The van der Waals surface area contributed by atoms with Crippen LogP contribution in [0.15, 0.2) is 245 Å². The number of benzene rings is 10. The first-order chi connectivity index (χ1) is 31.3. The molecule has 2 heterocycles. The van der Waals surface area contributed by atoms with Gasteiger partial charge in [-0.1, -0.05) is 182 Å². The van der Waals surface area contributed by atoms with E-state index in [-0.39, 0.29) is 0 Å². The number of hydrogen-bond acceptors (Lipinski definition) is 3. The second-order valence-electron chi connectivity index (χ2n) is 16.0. The van der Waals surface area contributed by atoms with Gasteiger partial charge in [0.15, 0.2) is 0 Å². The van der Waals surface area contributed by atoms with E-state index in [9.17, 15) is 0 Å². The number of para-hydroxylation sites is 2. The van der Waals surface area contributed by atoms with Crippen molar-refractivity contribution in [2.45, 2.75) is 0 Å². The molecule has 3 heteroatoms. The molecular formula is C60H39NO2. The summed E-state index contributed by atoms with van der Waals surface area (Å²) in [7, 11) is 0. The zero-order valence-electron chi connectivity index (χ0n) is 34.3. The lowest BCUT2D eigenvalue weighted by atomic mass is 9.87. The van der Waals surface area contributed by atoms with Crippen molar-refractivity contribution in [2.24, 2.45) is 0 Å². The SMILES string of the molecule is c1ccc(-c2ccccc2-c2ccccc2-c2ccccc2-c2ccc(N(c3ccc(-c4cccc5oc6ccccc6c45)cc3)c3cccc4oc5ccccc5c34)cc2)cc1. The molecule has 3 nitrogen and oxygen atoms in total. The van der Waals surface area contributed by atoms with Crippen LogP contribution in [-0.2, 0) is 0 Å². The highest BCUT2D eigenvalue weighted by molar-refractivity contribution is 6.14. The van der Waals surface area contributed by atoms with Crippen LogP contribution in [0, 0.1) is 0 Å². The Morgan fingerprint density at radius 2 is 0.603 bits per heavy atom. The molecule has 12 rings (SSSR count). The van der Waals surface area contributed by atoms with Gasteiger partial charge in [-0.15, -0.1) is 0 Å². The summed E-state index contributed by atoms with van der Waals surface area (Å²) < 4.78 is 12.7. The number of nitrogens with zero attached hydrogens (tertiary/aromatic N) is 1. The van der Waals surface area contributed by atoms with Gasteiger partial charge >= 0.3 is 0 Å². The molecule has 0 atom stereocenters. The van der Waals surface area contributed by atoms with Crippen LogP contribution in [0.2, 0.25) is 0 Å². The predicted molar refractivity (Wildman–Crippen MR) is 263 cm³/mol. The monoisotopic (exact) mass is 805 g/mol. The molecule has 0 amide bonds. The predicted octanol–water partition coefficient (Wildman–Crippen LogP) is 17.3. The summed E-state index contributed by atoms with van der Waals surface area (Å²) in [5, 5.41) is 4.41. The zero-order chi connectivity index (χ0) is 41.7. The Morgan fingerprint density at radius 1 is 0.238 bits per heavy atom. The zero-order valence-corrected chi connectivity index (χ0v) is 34.3. The van der Waals surface area contributed by atoms with Crippen molar-refractivity contribution in [3.63, 3.8) is 0 Å². The van der Waals surface area contributed by atoms with E-state index in [2.05, 4.69) is 217 Å². The van der Waals surface area contributed by atoms with E-state index in [1.165, 1.54) is 38.9 Å². The molecule has 0 radical (unpaired) electrons. The lowest BCUT2D eigenvalue weighted by Gasteiger charge is -2.27. The highest BCUT2D eigenvalue weighted by Gasteiger charge is 2.21. The summed E-state index contributed by atoms with van der Waals surface area (Å²) in [5.41, 5.74) is 18.4. The lowest BCUT2D eigenvalue weighted by Crippen LogP contribution is -2.10. The molecule has 296 valence electrons. The standard InChI is InChI=1S/C60H39NO2/c1-2-16-40(17-3-1)45-18-4-6-20-48(45)50-22-8-9-23-51(50)49-21-7-5-19-46(49)41-32-36-43(37-33-41)61(54-27-15-31-58-60(54)53-25-11-13-29-56(53)63-58)44-38-34-42(35-39-44)47-26-14-30-57-59(47)52-24-10-12-28-55(52)62-57/h1-39H. The van der Waals surface area contributed by atoms with E-state index in [0.717, 1.165) is 77.6 Å². The van der Waals surface area contributed by atoms with Crippen LogP contribution in [0.25, 0.3) is 99.5 Å². The molecular weight excluding hydrogens is 767 g/mol. The molecule has 12 aromatic rings. The molecule has 0 unspecified atom stereocenters. The van der Waals surface area contributed by atoms with Crippen LogP contribution in [0.4, 0.5) is 17.1 Å². The minimum atomic E-state index is 0.854. The quantitative estimate of drug-likeness (QED) is 0.153. The van der Waals surface area contributed by atoms with Crippen molar-refractivity contribution in [2.75, 3.05) is 4.90 Å². The first-order valence-electron chi connectivity index (χ1n) is 21.4. The molecule has 2 aromatic heterocycles. The van der Waals surface area contributed by atoms with Gasteiger partial charge in [0.05, 0.1) is 11.1 Å². The van der Waals surface area contributed by atoms with Gasteiger partial charge in [-0.25, -0.2) is 0 Å². The largest absolute Gasteiger partial charge is 0.456 e. The van der Waals surface area contributed by atoms with E-state index in [4.69, 9.17) is 8.83 Å². The van der Waals surface area contributed by atoms with Crippen LogP contribution in [0.1, 0.15) is 0 Å². The maximum Gasteiger partial charge on any atom is 0.137 e. The Morgan fingerprint density at radius 3 is 1.16 bits per heavy atom. The van der Waals surface area contributed by atoms with Crippen molar-refractivity contribution < 1.29 is 8.83 Å². The normalized spacial score (nSPS) is 11.5. The number of hydrogen-bond donors (Lipinski definition) is 0. The molecule has 0 saturated heterocycles. The molecule has 0 fully saturated rings. The van der Waals surface area contributed by atoms with Crippen molar-refractivity contribution in [1.29, 1.82) is 0 Å². The van der Waals surface area contributed by atoms with E-state index >= 15 is 0 Å². The Bertz CT molecular complexity index is 3620. The number of anilines is 3. The maximum atomic E-state index is 6.43. The first-order valence-corrected chi connectivity index (χ1v) is 21.4. The van der Waals surface area contributed by atoms with Crippen LogP contribution >= 0.6 is 0 Å². The fourth-order valence-electron chi connectivity index (χ4n) is 9.47. The average molecular weight is 806 g/mol.